The first-order valence-electron chi connectivity index (χ1n) is 11.9. The molecule has 1 aromatic carbocycles. The van der Waals surface area contributed by atoms with E-state index in [1.807, 2.05) is 0 Å². The molecule has 2 aliphatic rings. The number of pyridine rings is 1. The zero-order valence-electron chi connectivity index (χ0n) is 20.8. The second-order valence-corrected chi connectivity index (χ2v) is 12.8. The van der Waals surface area contributed by atoms with Crippen LogP contribution in [0.25, 0.3) is 0 Å². The number of carboxylic acid groups (broad SMARTS) is 1. The minimum absolute atomic E-state index is 0.158. The van der Waals surface area contributed by atoms with Crippen LogP contribution < -0.4 is 4.74 Å². The predicted octanol–water partition coefficient (Wildman–Crippen LogP) is 3.68. The monoisotopic (exact) mass is 645 g/mol. The van der Waals surface area contributed by atoms with Gasteiger partial charge >= 0.3 is 12.1 Å². The highest BCUT2D eigenvalue weighted by Gasteiger charge is 2.57. The molecule has 1 amide bonds. The van der Waals surface area contributed by atoms with E-state index in [-0.39, 0.29) is 29.6 Å². The predicted molar refractivity (Wildman–Crippen MR) is 135 cm³/mol. The summed E-state index contributed by atoms with van der Waals surface area (Å²) in [5.41, 5.74) is -1.37. The van der Waals surface area contributed by atoms with E-state index in [1.54, 1.807) is 0 Å². The van der Waals surface area contributed by atoms with Crippen molar-refractivity contribution in [3.8, 4) is 5.75 Å². The lowest BCUT2D eigenvalue weighted by Gasteiger charge is -2.50. The van der Waals surface area contributed by atoms with Crippen LogP contribution in [0.15, 0.2) is 41.4 Å². The summed E-state index contributed by atoms with van der Waals surface area (Å²) in [5.74, 6) is -2.63. The van der Waals surface area contributed by atoms with Crippen LogP contribution >= 0.6 is 23.2 Å². The molecule has 0 saturated carbocycles. The number of carboxylic acids is 1. The van der Waals surface area contributed by atoms with E-state index in [0.717, 1.165) is 23.1 Å². The molecule has 41 heavy (non-hydrogen) atoms. The van der Waals surface area contributed by atoms with Crippen LogP contribution in [0.5, 0.6) is 5.75 Å². The average molecular weight is 646 g/mol. The van der Waals surface area contributed by atoms with E-state index in [1.165, 1.54) is 23.2 Å². The molecule has 2 saturated heterocycles. The average Bonchev–Trinajstić information content (AvgIpc) is 3.31. The molecule has 2 fully saturated rings. The summed E-state index contributed by atoms with van der Waals surface area (Å²) in [6.07, 6.45) is -6.60. The number of hydrogen-bond acceptors (Lipinski definition) is 7. The van der Waals surface area contributed by atoms with Gasteiger partial charge in [-0.3, -0.25) is 14.7 Å². The van der Waals surface area contributed by atoms with Crippen molar-refractivity contribution in [2.45, 2.75) is 40.6 Å². The number of rotatable bonds is 9. The van der Waals surface area contributed by atoms with Crippen molar-refractivity contribution in [1.29, 1.82) is 0 Å². The topological polar surface area (TPSA) is 117 Å². The number of sulfone groups is 1. The molecule has 0 spiro atoms. The fraction of sp³-hybridized carbons (Fsp3) is 0.458. The molecule has 17 heteroatoms. The van der Waals surface area contributed by atoms with Gasteiger partial charge in [0.25, 0.3) is 6.43 Å². The van der Waals surface area contributed by atoms with E-state index in [2.05, 4.69) is 9.72 Å². The second-order valence-electron chi connectivity index (χ2n) is 9.71. The highest BCUT2D eigenvalue weighted by molar-refractivity contribution is 7.92. The molecule has 0 bridgehead atoms. The molecule has 1 N–H and O–H groups in total. The molecule has 2 atom stereocenters. The summed E-state index contributed by atoms with van der Waals surface area (Å²) in [6, 6.07) is 4.08. The molecule has 224 valence electrons. The number of likely N-dealkylation sites (tertiary alicyclic amines) is 2. The largest absolute Gasteiger partial charge is 0.484 e. The molecular formula is C24H22Cl2F5N3O6S. The third-order valence-corrected chi connectivity index (χ3v) is 9.71. The van der Waals surface area contributed by atoms with Gasteiger partial charge in [-0.15, -0.1) is 0 Å². The summed E-state index contributed by atoms with van der Waals surface area (Å²) in [5, 5.41) is 8.21. The van der Waals surface area contributed by atoms with Crippen molar-refractivity contribution in [3.63, 3.8) is 0 Å². The zero-order valence-corrected chi connectivity index (χ0v) is 23.2. The van der Waals surface area contributed by atoms with Crippen LogP contribution in [0.1, 0.15) is 12.1 Å². The summed E-state index contributed by atoms with van der Waals surface area (Å²) in [7, 11) is -4.40. The highest BCUT2D eigenvalue weighted by atomic mass is 35.5. The maximum atomic E-state index is 13.9. The van der Waals surface area contributed by atoms with Crippen molar-refractivity contribution in [2.75, 3.05) is 32.8 Å². The van der Waals surface area contributed by atoms with Gasteiger partial charge in [-0.1, -0.05) is 23.2 Å². The SMILES string of the molecule is O=C(O)C1CC(S(=O)(=O)c2ccc(OCC(F)(F)F)cc2Cl)CN1C(=O)C1(c2ccc(Cl)cn2)CN(CC(F)F)C1. The van der Waals surface area contributed by atoms with Crippen LogP contribution in [0.2, 0.25) is 10.0 Å². The third kappa shape index (κ3) is 6.52. The molecule has 2 aromatic rings. The van der Waals surface area contributed by atoms with Crippen LogP contribution in [0, 0.1) is 0 Å². The van der Waals surface area contributed by atoms with Gasteiger partial charge in [0, 0.05) is 31.9 Å². The maximum absolute atomic E-state index is 13.9. The number of amides is 1. The Balaban J connectivity index is 1.62. The van der Waals surface area contributed by atoms with Crippen molar-refractivity contribution in [3.05, 3.63) is 52.3 Å². The first-order chi connectivity index (χ1) is 19.0. The fourth-order valence-corrected chi connectivity index (χ4v) is 7.35. The summed E-state index contributed by atoms with van der Waals surface area (Å²) >= 11 is 12.0. The number of halogens is 7. The quantitative estimate of drug-likeness (QED) is 0.411. The molecule has 2 aliphatic heterocycles. The van der Waals surface area contributed by atoms with Crippen molar-refractivity contribution >= 4 is 44.9 Å². The first kappa shape index (κ1) is 31.2. The van der Waals surface area contributed by atoms with Gasteiger partial charge in [-0.25, -0.2) is 22.0 Å². The van der Waals surface area contributed by atoms with Gasteiger partial charge in [-0.05, 0) is 30.7 Å². The number of aromatic nitrogens is 1. The third-order valence-electron chi connectivity index (χ3n) is 6.87. The second kappa shape index (κ2) is 11.5. The summed E-state index contributed by atoms with van der Waals surface area (Å²) in [6.45, 7) is -3.25. The van der Waals surface area contributed by atoms with Crippen molar-refractivity contribution in [1.82, 2.24) is 14.8 Å². The number of carbonyl (C=O) groups is 2. The van der Waals surface area contributed by atoms with Crippen LogP contribution in [-0.2, 0) is 24.8 Å². The number of aliphatic carboxylic acids is 1. The Labute approximate surface area is 240 Å². The smallest absolute Gasteiger partial charge is 0.422 e. The Morgan fingerprint density at radius 3 is 2.39 bits per heavy atom. The normalized spacial score (nSPS) is 21.1. The Bertz CT molecular complexity index is 1420. The molecule has 0 radical (unpaired) electrons. The van der Waals surface area contributed by atoms with Gasteiger partial charge in [-0.2, -0.15) is 13.2 Å². The minimum atomic E-state index is -4.64. The van der Waals surface area contributed by atoms with Gasteiger partial charge < -0.3 is 14.7 Å². The molecule has 9 nitrogen and oxygen atoms in total. The van der Waals surface area contributed by atoms with Gasteiger partial charge in [0.2, 0.25) is 5.91 Å². The first-order valence-corrected chi connectivity index (χ1v) is 14.2. The van der Waals surface area contributed by atoms with Crippen LogP contribution in [0.3, 0.4) is 0 Å². The molecule has 3 heterocycles. The molecule has 0 aliphatic carbocycles. The maximum Gasteiger partial charge on any atom is 0.422 e. The van der Waals surface area contributed by atoms with Crippen LogP contribution in [-0.4, -0.2) is 96.9 Å². The Morgan fingerprint density at radius 1 is 1.17 bits per heavy atom. The van der Waals surface area contributed by atoms with E-state index < -0.39 is 87.1 Å². The number of carbonyl (C=O) groups excluding carboxylic acids is 1. The van der Waals surface area contributed by atoms with E-state index >= 15 is 0 Å². The van der Waals surface area contributed by atoms with Gasteiger partial charge in [0.1, 0.15) is 17.2 Å². The number of nitrogens with zero attached hydrogens (tertiary/aromatic N) is 3. The molecule has 2 unspecified atom stereocenters. The summed E-state index contributed by atoms with van der Waals surface area (Å²) < 4.78 is 94.9. The molecule has 4 rings (SSSR count). The van der Waals surface area contributed by atoms with Crippen LogP contribution in [0.4, 0.5) is 22.0 Å². The zero-order chi connectivity index (χ0) is 30.3. The van der Waals surface area contributed by atoms with E-state index in [9.17, 15) is 45.1 Å². The van der Waals surface area contributed by atoms with Gasteiger partial charge in [0.05, 0.1) is 32.4 Å². The summed E-state index contributed by atoms with van der Waals surface area (Å²) in [4.78, 5) is 31.9. The lowest BCUT2D eigenvalue weighted by molar-refractivity contribution is -0.155. The van der Waals surface area contributed by atoms with Gasteiger partial charge in [0.15, 0.2) is 16.4 Å². The number of benzene rings is 1. The Kier molecular flexibility index (Phi) is 8.75. The number of alkyl halides is 5. The molecular weight excluding hydrogens is 624 g/mol. The van der Waals surface area contributed by atoms with Crippen molar-refractivity contribution < 1.29 is 49.8 Å². The van der Waals surface area contributed by atoms with Crippen molar-refractivity contribution in [2.24, 2.45) is 0 Å². The highest BCUT2D eigenvalue weighted by Crippen LogP contribution is 2.40. The lowest BCUT2D eigenvalue weighted by Crippen LogP contribution is -2.68. The molecule has 1 aromatic heterocycles. The Morgan fingerprint density at radius 2 is 1.85 bits per heavy atom. The van der Waals surface area contributed by atoms with E-state index in [4.69, 9.17) is 23.2 Å². The number of hydrogen-bond donors (Lipinski definition) is 1. The lowest BCUT2D eigenvalue weighted by atomic mass is 9.74. The standard InChI is InChI=1S/C24H22Cl2F5N3O6S/c25-13-1-4-19(32-7-13)23(10-33(11-23)9-20(27)28)22(37)34-8-15(6-17(34)21(35)36)41(38,39)18-3-2-14(5-16(18)26)40-12-24(29,30)31/h1-5,7,15,17,20H,6,8-12H2,(H,35,36). The minimum Gasteiger partial charge on any atom is -0.484 e. The fourth-order valence-electron chi connectivity index (χ4n) is 5.01. The number of ether oxygens (including phenoxy) is 1. The van der Waals surface area contributed by atoms with E-state index in [0.29, 0.717) is 0 Å². The Hall–Kier alpha value is -2.75.